The lowest BCUT2D eigenvalue weighted by Crippen LogP contribution is -2.50. The Bertz CT molecular complexity index is 874. The summed E-state index contributed by atoms with van der Waals surface area (Å²) in [5, 5.41) is 0.458. The van der Waals surface area contributed by atoms with Crippen molar-refractivity contribution in [3.05, 3.63) is 76.6 Å². The third-order valence-corrected chi connectivity index (χ3v) is 5.17. The normalized spacial score (nSPS) is 18.4. The van der Waals surface area contributed by atoms with Crippen LogP contribution >= 0.6 is 11.6 Å². The zero-order valence-electron chi connectivity index (χ0n) is 15.7. The quantitative estimate of drug-likeness (QED) is 0.822. The van der Waals surface area contributed by atoms with E-state index in [9.17, 15) is 9.18 Å². The Morgan fingerprint density at radius 2 is 1.89 bits per heavy atom. The average molecular weight is 387 g/mol. The summed E-state index contributed by atoms with van der Waals surface area (Å²) in [5.41, 5.74) is 7.99. The molecule has 2 N–H and O–H groups in total. The number of benzene rings is 2. The molecule has 0 aromatic heterocycles. The molecule has 0 aliphatic carbocycles. The van der Waals surface area contributed by atoms with Gasteiger partial charge in [-0.2, -0.15) is 0 Å². The number of hydrogen-bond acceptors (Lipinski definition) is 2. The van der Waals surface area contributed by atoms with Gasteiger partial charge in [-0.1, -0.05) is 68.8 Å². The molecule has 5 heteroatoms. The van der Waals surface area contributed by atoms with Crippen molar-refractivity contribution >= 4 is 23.1 Å². The first-order valence-corrected chi connectivity index (χ1v) is 9.33. The van der Waals surface area contributed by atoms with Crippen LogP contribution in [0.5, 0.6) is 0 Å². The van der Waals surface area contributed by atoms with Crippen LogP contribution in [0.25, 0.3) is 5.57 Å². The molecule has 142 valence electrons. The molecular weight excluding hydrogens is 363 g/mol. The monoisotopic (exact) mass is 386 g/mol. The number of nitrogens with zero attached hydrogens (tertiary/aromatic N) is 1. The fourth-order valence-electron chi connectivity index (χ4n) is 3.22. The van der Waals surface area contributed by atoms with Crippen LogP contribution in [0.2, 0.25) is 5.02 Å². The minimum Gasteiger partial charge on any atom is -0.326 e. The smallest absolute Gasteiger partial charge is 0.241 e. The number of rotatable bonds is 3. The summed E-state index contributed by atoms with van der Waals surface area (Å²) in [5.74, 6) is -0.503. The van der Waals surface area contributed by atoms with E-state index in [0.29, 0.717) is 17.1 Å². The number of amides is 1. The number of carbonyl (C=O) groups excluding carboxylic acids is 1. The molecule has 1 heterocycles. The fourth-order valence-corrected chi connectivity index (χ4v) is 3.40. The molecule has 2 atom stereocenters. The molecule has 0 radical (unpaired) electrons. The number of nitrogens with two attached hydrogens (primary N) is 1. The number of carbonyl (C=O) groups is 1. The minimum absolute atomic E-state index is 0.148. The molecule has 0 saturated heterocycles. The maximum Gasteiger partial charge on any atom is 0.241 e. The lowest BCUT2D eigenvalue weighted by molar-refractivity contribution is -0.135. The third-order valence-electron chi connectivity index (χ3n) is 4.93. The first kappa shape index (κ1) is 19.6. The van der Waals surface area contributed by atoms with E-state index in [1.807, 2.05) is 57.2 Å². The standard InChI is InChI=1S/C22H24ClFN2O/c1-22(2,3)20(25)21(27)26-13-15(17-12-16(23)9-10-18(17)24)11-19(26)14-7-5-4-6-8-14/h4-12,19-20H,13,25H2,1-3H3/t19-,20+/m0/s1. The molecule has 2 aromatic rings. The second kappa shape index (κ2) is 7.45. The molecule has 1 amide bonds. The van der Waals surface area contributed by atoms with Crippen LogP contribution in [0.15, 0.2) is 54.6 Å². The van der Waals surface area contributed by atoms with Crippen LogP contribution < -0.4 is 5.73 Å². The maximum atomic E-state index is 14.4. The molecule has 3 rings (SSSR count). The summed E-state index contributed by atoms with van der Waals surface area (Å²) >= 11 is 6.06. The number of halogens is 2. The summed E-state index contributed by atoms with van der Waals surface area (Å²) in [6.07, 6.45) is 1.93. The fraction of sp³-hybridized carbons (Fsp3) is 0.318. The molecule has 0 bridgehead atoms. The van der Waals surface area contributed by atoms with Gasteiger partial charge in [0.2, 0.25) is 5.91 Å². The molecule has 0 fully saturated rings. The van der Waals surface area contributed by atoms with E-state index in [4.69, 9.17) is 17.3 Å². The van der Waals surface area contributed by atoms with Crippen molar-refractivity contribution in [2.45, 2.75) is 32.9 Å². The summed E-state index contributed by atoms with van der Waals surface area (Å²) in [7, 11) is 0. The Hall–Kier alpha value is -2.17. The summed E-state index contributed by atoms with van der Waals surface area (Å²) < 4.78 is 14.4. The zero-order chi connectivity index (χ0) is 19.8. The van der Waals surface area contributed by atoms with E-state index in [2.05, 4.69) is 0 Å². The van der Waals surface area contributed by atoms with Gasteiger partial charge in [0, 0.05) is 17.1 Å². The van der Waals surface area contributed by atoms with Crippen molar-refractivity contribution in [2.24, 2.45) is 11.1 Å². The van der Waals surface area contributed by atoms with Crippen molar-refractivity contribution in [3.8, 4) is 0 Å². The van der Waals surface area contributed by atoms with Gasteiger partial charge in [0.05, 0.1) is 12.1 Å². The van der Waals surface area contributed by atoms with Gasteiger partial charge in [-0.25, -0.2) is 4.39 Å². The SMILES string of the molecule is CC(C)(C)[C@H](N)C(=O)N1CC(c2cc(Cl)ccc2F)=C[C@H]1c1ccccc1. The molecule has 27 heavy (non-hydrogen) atoms. The van der Waals surface area contributed by atoms with Gasteiger partial charge in [0.15, 0.2) is 0 Å². The van der Waals surface area contributed by atoms with Gasteiger partial charge in [0.1, 0.15) is 5.82 Å². The molecule has 0 saturated carbocycles. The predicted molar refractivity (Wildman–Crippen MR) is 108 cm³/mol. The summed E-state index contributed by atoms with van der Waals surface area (Å²) in [4.78, 5) is 14.9. The Labute approximate surface area is 164 Å². The van der Waals surface area contributed by atoms with Crippen molar-refractivity contribution in [3.63, 3.8) is 0 Å². The van der Waals surface area contributed by atoms with E-state index in [1.54, 1.807) is 11.0 Å². The van der Waals surface area contributed by atoms with Crippen LogP contribution in [0.1, 0.15) is 37.9 Å². The highest BCUT2D eigenvalue weighted by atomic mass is 35.5. The van der Waals surface area contributed by atoms with E-state index >= 15 is 0 Å². The number of hydrogen-bond donors (Lipinski definition) is 1. The van der Waals surface area contributed by atoms with Gasteiger partial charge >= 0.3 is 0 Å². The molecular formula is C22H24ClFN2O. The largest absolute Gasteiger partial charge is 0.326 e. The lowest BCUT2D eigenvalue weighted by atomic mass is 9.86. The van der Waals surface area contributed by atoms with Crippen LogP contribution in [0.4, 0.5) is 4.39 Å². The molecule has 0 spiro atoms. The van der Waals surface area contributed by atoms with Gasteiger partial charge < -0.3 is 10.6 Å². The van der Waals surface area contributed by atoms with E-state index in [0.717, 1.165) is 11.1 Å². The second-order valence-corrected chi connectivity index (χ2v) is 8.42. The average Bonchev–Trinajstić information content (AvgIpc) is 3.07. The van der Waals surface area contributed by atoms with Crippen molar-refractivity contribution in [1.29, 1.82) is 0 Å². The first-order chi connectivity index (χ1) is 12.7. The molecule has 3 nitrogen and oxygen atoms in total. The van der Waals surface area contributed by atoms with E-state index in [1.165, 1.54) is 12.1 Å². The van der Waals surface area contributed by atoms with Crippen molar-refractivity contribution in [2.75, 3.05) is 6.54 Å². The maximum absolute atomic E-state index is 14.4. The van der Waals surface area contributed by atoms with Gasteiger partial charge in [0.25, 0.3) is 0 Å². The highest BCUT2D eigenvalue weighted by molar-refractivity contribution is 6.30. The molecule has 2 aromatic carbocycles. The highest BCUT2D eigenvalue weighted by Gasteiger charge is 2.37. The first-order valence-electron chi connectivity index (χ1n) is 8.95. The van der Waals surface area contributed by atoms with Crippen LogP contribution in [0, 0.1) is 11.2 Å². The van der Waals surface area contributed by atoms with Crippen molar-refractivity contribution in [1.82, 2.24) is 4.90 Å². The Kier molecular flexibility index (Phi) is 5.41. The lowest BCUT2D eigenvalue weighted by Gasteiger charge is -2.33. The topological polar surface area (TPSA) is 46.3 Å². The minimum atomic E-state index is -0.652. The summed E-state index contributed by atoms with van der Waals surface area (Å²) in [6.45, 7) is 6.11. The third kappa shape index (κ3) is 4.07. The Balaban J connectivity index is 2.02. The van der Waals surface area contributed by atoms with Crippen LogP contribution in [-0.4, -0.2) is 23.4 Å². The molecule has 1 aliphatic rings. The Morgan fingerprint density at radius 3 is 2.52 bits per heavy atom. The van der Waals surface area contributed by atoms with Crippen LogP contribution in [0.3, 0.4) is 0 Å². The highest BCUT2D eigenvalue weighted by Crippen LogP contribution is 2.37. The predicted octanol–water partition coefficient (Wildman–Crippen LogP) is 4.82. The van der Waals surface area contributed by atoms with E-state index < -0.39 is 6.04 Å². The molecule has 0 unspecified atom stereocenters. The van der Waals surface area contributed by atoms with E-state index in [-0.39, 0.29) is 23.2 Å². The van der Waals surface area contributed by atoms with Gasteiger partial charge in [-0.05, 0) is 34.8 Å². The van der Waals surface area contributed by atoms with Gasteiger partial charge in [-0.15, -0.1) is 0 Å². The van der Waals surface area contributed by atoms with Gasteiger partial charge in [-0.3, -0.25) is 4.79 Å². The molecule has 1 aliphatic heterocycles. The zero-order valence-corrected chi connectivity index (χ0v) is 16.5. The van der Waals surface area contributed by atoms with Crippen LogP contribution in [-0.2, 0) is 4.79 Å². The Morgan fingerprint density at radius 1 is 1.22 bits per heavy atom. The summed E-state index contributed by atoms with van der Waals surface area (Å²) in [6, 6.07) is 13.2. The van der Waals surface area contributed by atoms with Crippen molar-refractivity contribution < 1.29 is 9.18 Å². The second-order valence-electron chi connectivity index (χ2n) is 7.98.